The number of nitrogens with two attached hydrogens (primary N) is 1. The van der Waals surface area contributed by atoms with Crippen molar-refractivity contribution in [3.05, 3.63) is 35.4 Å². The molecule has 0 aliphatic carbocycles. The minimum Gasteiger partial charge on any atom is -0.480 e. The second-order valence-corrected chi connectivity index (χ2v) is 3.71. The van der Waals surface area contributed by atoms with Gasteiger partial charge in [-0.05, 0) is 24.1 Å². The van der Waals surface area contributed by atoms with Crippen molar-refractivity contribution >= 4 is 11.9 Å². The molecule has 0 saturated heterocycles. The number of carboxylic acids is 1. The Balaban J connectivity index is 2.60. The van der Waals surface area contributed by atoms with Crippen molar-refractivity contribution in [1.29, 1.82) is 0 Å². The lowest BCUT2D eigenvalue weighted by Gasteiger charge is -2.09. The monoisotopic (exact) mass is 236 g/mol. The molecule has 1 amide bonds. The molecule has 1 atom stereocenters. The average molecular weight is 236 g/mol. The maximum absolute atomic E-state index is 11.7. The van der Waals surface area contributed by atoms with E-state index in [9.17, 15) is 9.59 Å². The van der Waals surface area contributed by atoms with Gasteiger partial charge in [-0.2, -0.15) is 0 Å². The van der Waals surface area contributed by atoms with Crippen LogP contribution in [0.3, 0.4) is 0 Å². The van der Waals surface area contributed by atoms with Crippen LogP contribution in [0.15, 0.2) is 24.3 Å². The second-order valence-electron chi connectivity index (χ2n) is 3.71. The van der Waals surface area contributed by atoms with E-state index < -0.39 is 12.0 Å². The van der Waals surface area contributed by atoms with Gasteiger partial charge in [0.15, 0.2) is 0 Å². The number of carbonyl (C=O) groups is 2. The summed E-state index contributed by atoms with van der Waals surface area (Å²) < 4.78 is 0. The molecule has 0 spiro atoms. The van der Waals surface area contributed by atoms with Gasteiger partial charge in [-0.25, -0.2) is 0 Å². The fraction of sp³-hybridized carbons (Fsp3) is 0.333. The normalized spacial score (nSPS) is 11.9. The van der Waals surface area contributed by atoms with Crippen molar-refractivity contribution in [2.45, 2.75) is 19.4 Å². The van der Waals surface area contributed by atoms with Crippen LogP contribution in [0.25, 0.3) is 0 Å². The predicted octanol–water partition coefficient (Wildman–Crippen LogP) is 0.391. The van der Waals surface area contributed by atoms with Crippen LogP contribution in [0.5, 0.6) is 0 Å². The van der Waals surface area contributed by atoms with Crippen molar-refractivity contribution in [2.75, 3.05) is 6.54 Å². The van der Waals surface area contributed by atoms with E-state index in [4.69, 9.17) is 10.8 Å². The lowest BCUT2D eigenvalue weighted by molar-refractivity contribution is -0.138. The summed E-state index contributed by atoms with van der Waals surface area (Å²) in [7, 11) is 0. The molecular formula is C12H16N2O3. The molecule has 0 fully saturated rings. The molecule has 0 aliphatic heterocycles. The Labute approximate surface area is 99.6 Å². The van der Waals surface area contributed by atoms with Crippen molar-refractivity contribution < 1.29 is 14.7 Å². The minimum atomic E-state index is -1.13. The van der Waals surface area contributed by atoms with Crippen LogP contribution in [0.2, 0.25) is 0 Å². The number of benzene rings is 1. The summed E-state index contributed by atoms with van der Waals surface area (Å²) in [6.07, 6.45) is 0.843. The summed E-state index contributed by atoms with van der Waals surface area (Å²) in [6.45, 7) is 1.92. The van der Waals surface area contributed by atoms with E-state index in [0.29, 0.717) is 5.56 Å². The SMILES string of the molecule is CCc1cccc(C(=O)NC[C@@H](N)C(=O)O)c1. The molecule has 0 radical (unpaired) electrons. The summed E-state index contributed by atoms with van der Waals surface area (Å²) in [4.78, 5) is 22.2. The zero-order chi connectivity index (χ0) is 12.8. The summed E-state index contributed by atoms with van der Waals surface area (Å²) in [5.74, 6) is -1.44. The first-order valence-electron chi connectivity index (χ1n) is 5.40. The van der Waals surface area contributed by atoms with Gasteiger partial charge in [-0.1, -0.05) is 19.1 Å². The summed E-state index contributed by atoms with van der Waals surface area (Å²) in [6, 6.07) is 6.11. The number of aryl methyl sites for hydroxylation is 1. The molecule has 17 heavy (non-hydrogen) atoms. The number of carboxylic acid groups (broad SMARTS) is 1. The first kappa shape index (κ1) is 13.2. The van der Waals surface area contributed by atoms with Crippen LogP contribution in [-0.4, -0.2) is 29.6 Å². The summed E-state index contributed by atoms with van der Waals surface area (Å²) in [5.41, 5.74) is 6.86. The molecule has 1 rings (SSSR count). The number of nitrogens with one attached hydrogen (secondary N) is 1. The number of hydrogen-bond donors (Lipinski definition) is 3. The molecule has 1 aromatic carbocycles. The van der Waals surface area contributed by atoms with Gasteiger partial charge >= 0.3 is 5.97 Å². The van der Waals surface area contributed by atoms with E-state index in [1.807, 2.05) is 13.0 Å². The topological polar surface area (TPSA) is 92.4 Å². The maximum atomic E-state index is 11.7. The molecule has 0 aromatic heterocycles. The molecule has 0 bridgehead atoms. The van der Waals surface area contributed by atoms with Gasteiger partial charge < -0.3 is 16.2 Å². The van der Waals surface area contributed by atoms with Crippen LogP contribution >= 0.6 is 0 Å². The number of rotatable bonds is 5. The number of aliphatic carboxylic acids is 1. The van der Waals surface area contributed by atoms with Crippen molar-refractivity contribution in [3.63, 3.8) is 0 Å². The standard InChI is InChI=1S/C12H16N2O3/c1-2-8-4-3-5-9(6-8)11(15)14-7-10(13)12(16)17/h3-6,10H,2,7,13H2,1H3,(H,14,15)(H,16,17)/t10-/m1/s1. The average Bonchev–Trinajstić information content (AvgIpc) is 2.35. The Morgan fingerprint density at radius 2 is 2.18 bits per heavy atom. The Bertz CT molecular complexity index is 418. The largest absolute Gasteiger partial charge is 0.480 e. The number of carbonyl (C=O) groups excluding carboxylic acids is 1. The highest BCUT2D eigenvalue weighted by molar-refractivity contribution is 5.94. The van der Waals surface area contributed by atoms with Crippen molar-refractivity contribution in [1.82, 2.24) is 5.32 Å². The van der Waals surface area contributed by atoms with Gasteiger partial charge in [-0.3, -0.25) is 9.59 Å². The Morgan fingerprint density at radius 1 is 1.47 bits per heavy atom. The van der Waals surface area contributed by atoms with Crippen LogP contribution in [0, 0.1) is 0 Å². The van der Waals surface area contributed by atoms with Crippen molar-refractivity contribution in [2.24, 2.45) is 5.73 Å². The van der Waals surface area contributed by atoms with E-state index in [-0.39, 0.29) is 12.5 Å². The van der Waals surface area contributed by atoms with Gasteiger partial charge in [0.1, 0.15) is 6.04 Å². The smallest absolute Gasteiger partial charge is 0.322 e. The van der Waals surface area contributed by atoms with Gasteiger partial charge in [-0.15, -0.1) is 0 Å². The molecule has 0 heterocycles. The van der Waals surface area contributed by atoms with Crippen LogP contribution in [-0.2, 0) is 11.2 Å². The lowest BCUT2D eigenvalue weighted by atomic mass is 10.1. The Kier molecular flexibility index (Phi) is 4.66. The first-order valence-corrected chi connectivity index (χ1v) is 5.40. The van der Waals surface area contributed by atoms with E-state index in [2.05, 4.69) is 5.32 Å². The highest BCUT2D eigenvalue weighted by Gasteiger charge is 2.13. The summed E-state index contributed by atoms with van der Waals surface area (Å²) in [5, 5.41) is 11.1. The molecule has 5 nitrogen and oxygen atoms in total. The van der Waals surface area contributed by atoms with Crippen molar-refractivity contribution in [3.8, 4) is 0 Å². The predicted molar refractivity (Wildman–Crippen MR) is 63.8 cm³/mol. The van der Waals surface area contributed by atoms with E-state index in [1.165, 1.54) is 0 Å². The quantitative estimate of drug-likeness (QED) is 0.689. The Hall–Kier alpha value is -1.88. The molecular weight excluding hydrogens is 220 g/mol. The third-order valence-electron chi connectivity index (χ3n) is 2.40. The van der Waals surface area contributed by atoms with E-state index in [1.54, 1.807) is 18.2 Å². The molecule has 5 heteroatoms. The van der Waals surface area contributed by atoms with E-state index in [0.717, 1.165) is 12.0 Å². The zero-order valence-electron chi connectivity index (χ0n) is 9.64. The number of amides is 1. The summed E-state index contributed by atoms with van der Waals surface area (Å²) >= 11 is 0. The molecule has 4 N–H and O–H groups in total. The van der Waals surface area contributed by atoms with Gasteiger partial charge in [0.2, 0.25) is 0 Å². The highest BCUT2D eigenvalue weighted by Crippen LogP contribution is 2.05. The van der Waals surface area contributed by atoms with E-state index >= 15 is 0 Å². The molecule has 0 aliphatic rings. The zero-order valence-corrected chi connectivity index (χ0v) is 9.64. The Morgan fingerprint density at radius 3 is 2.76 bits per heavy atom. The first-order chi connectivity index (χ1) is 8.04. The van der Waals surface area contributed by atoms with Crippen LogP contribution < -0.4 is 11.1 Å². The molecule has 92 valence electrons. The maximum Gasteiger partial charge on any atom is 0.322 e. The fourth-order valence-corrected chi connectivity index (χ4v) is 1.32. The molecule has 0 unspecified atom stereocenters. The van der Waals surface area contributed by atoms with Crippen LogP contribution in [0.4, 0.5) is 0 Å². The van der Waals surface area contributed by atoms with Gasteiger partial charge in [0.05, 0.1) is 0 Å². The van der Waals surface area contributed by atoms with Gasteiger partial charge in [0, 0.05) is 12.1 Å². The third kappa shape index (κ3) is 3.88. The van der Waals surface area contributed by atoms with Gasteiger partial charge in [0.25, 0.3) is 5.91 Å². The number of hydrogen-bond acceptors (Lipinski definition) is 3. The third-order valence-corrected chi connectivity index (χ3v) is 2.40. The van der Waals surface area contributed by atoms with Crippen LogP contribution in [0.1, 0.15) is 22.8 Å². The highest BCUT2D eigenvalue weighted by atomic mass is 16.4. The molecule has 1 aromatic rings. The second kappa shape index (κ2) is 6.00. The molecule has 0 saturated carbocycles. The fourth-order valence-electron chi connectivity index (χ4n) is 1.32. The lowest BCUT2D eigenvalue weighted by Crippen LogP contribution is -2.42. The minimum absolute atomic E-state index is 0.0788.